The van der Waals surface area contributed by atoms with Crippen LogP contribution in [0.15, 0.2) is 29.8 Å². The lowest BCUT2D eigenvalue weighted by molar-refractivity contribution is 0.893. The van der Waals surface area contributed by atoms with E-state index >= 15 is 0 Å². The van der Waals surface area contributed by atoms with E-state index in [1.54, 1.807) is 17.5 Å². The van der Waals surface area contributed by atoms with Crippen molar-refractivity contribution < 1.29 is 0 Å². The van der Waals surface area contributed by atoms with Crippen molar-refractivity contribution in [3.63, 3.8) is 0 Å². The van der Waals surface area contributed by atoms with E-state index in [4.69, 9.17) is 0 Å². The second-order valence-electron chi connectivity index (χ2n) is 3.11. The predicted molar refractivity (Wildman–Crippen MR) is 59.3 cm³/mol. The maximum atomic E-state index is 4.53. The molecular formula is C11H12N2S. The normalized spacial score (nSPS) is 10.4. The second kappa shape index (κ2) is 4.33. The molecule has 2 aromatic rings. The van der Waals surface area contributed by atoms with Gasteiger partial charge in [-0.05, 0) is 18.6 Å². The highest BCUT2D eigenvalue weighted by atomic mass is 32.1. The summed E-state index contributed by atoms with van der Waals surface area (Å²) in [7, 11) is 0. The lowest BCUT2D eigenvalue weighted by atomic mass is 10.3. The Morgan fingerprint density at radius 3 is 3.00 bits per heavy atom. The van der Waals surface area contributed by atoms with Crippen LogP contribution in [0.3, 0.4) is 0 Å². The molecule has 0 saturated carbocycles. The minimum Gasteiger partial charge on any atom is -0.254 e. The predicted octanol–water partition coefficient (Wildman–Crippen LogP) is 3.16. The molecule has 14 heavy (non-hydrogen) atoms. The zero-order valence-corrected chi connectivity index (χ0v) is 8.92. The van der Waals surface area contributed by atoms with Crippen LogP contribution in [0.2, 0.25) is 0 Å². The van der Waals surface area contributed by atoms with Crippen molar-refractivity contribution in [2.45, 2.75) is 19.8 Å². The van der Waals surface area contributed by atoms with E-state index in [-0.39, 0.29) is 0 Å². The SMILES string of the molecule is CCCc1csc(-c2ccccn2)n1. The highest BCUT2D eigenvalue weighted by Crippen LogP contribution is 2.21. The van der Waals surface area contributed by atoms with Gasteiger partial charge < -0.3 is 0 Å². The Bertz CT molecular complexity index is 395. The van der Waals surface area contributed by atoms with Gasteiger partial charge in [-0.1, -0.05) is 19.4 Å². The minimum atomic E-state index is 0.972. The smallest absolute Gasteiger partial charge is 0.142 e. The summed E-state index contributed by atoms with van der Waals surface area (Å²) in [6.45, 7) is 2.17. The van der Waals surface area contributed by atoms with Crippen LogP contribution in [0.5, 0.6) is 0 Å². The van der Waals surface area contributed by atoms with Gasteiger partial charge in [-0.25, -0.2) is 4.98 Å². The van der Waals surface area contributed by atoms with E-state index in [0.29, 0.717) is 0 Å². The molecule has 2 rings (SSSR count). The third kappa shape index (κ3) is 1.99. The summed E-state index contributed by atoms with van der Waals surface area (Å²) < 4.78 is 0. The highest BCUT2D eigenvalue weighted by Gasteiger charge is 2.03. The molecule has 2 nitrogen and oxygen atoms in total. The Hall–Kier alpha value is -1.22. The van der Waals surface area contributed by atoms with Crippen molar-refractivity contribution in [3.05, 3.63) is 35.5 Å². The van der Waals surface area contributed by atoms with Crippen molar-refractivity contribution in [1.82, 2.24) is 9.97 Å². The number of hydrogen-bond donors (Lipinski definition) is 0. The van der Waals surface area contributed by atoms with E-state index in [0.717, 1.165) is 23.5 Å². The Labute approximate surface area is 87.7 Å². The fourth-order valence-electron chi connectivity index (χ4n) is 1.28. The summed E-state index contributed by atoms with van der Waals surface area (Å²) in [5.74, 6) is 0. The van der Waals surface area contributed by atoms with Gasteiger partial charge in [-0.3, -0.25) is 4.98 Å². The fraction of sp³-hybridized carbons (Fsp3) is 0.273. The first kappa shape index (κ1) is 9.34. The molecule has 0 amide bonds. The summed E-state index contributed by atoms with van der Waals surface area (Å²) in [5, 5.41) is 3.14. The van der Waals surface area contributed by atoms with E-state index in [2.05, 4.69) is 22.3 Å². The van der Waals surface area contributed by atoms with Crippen LogP contribution in [0.4, 0.5) is 0 Å². The molecule has 0 spiro atoms. The van der Waals surface area contributed by atoms with Gasteiger partial charge in [-0.2, -0.15) is 0 Å². The molecule has 2 aromatic heterocycles. The molecule has 0 atom stereocenters. The summed E-state index contributed by atoms with van der Waals surface area (Å²) in [6.07, 6.45) is 4.00. The Morgan fingerprint density at radius 1 is 1.36 bits per heavy atom. The van der Waals surface area contributed by atoms with Gasteiger partial charge in [0.1, 0.15) is 5.01 Å². The molecule has 0 unspecified atom stereocenters. The van der Waals surface area contributed by atoms with E-state index in [1.165, 1.54) is 5.69 Å². The average Bonchev–Trinajstić information content (AvgIpc) is 2.68. The van der Waals surface area contributed by atoms with Gasteiger partial charge in [0.15, 0.2) is 0 Å². The summed E-state index contributed by atoms with van der Waals surface area (Å²) in [6, 6.07) is 5.90. The molecule has 72 valence electrons. The molecule has 0 bridgehead atoms. The third-order valence-electron chi connectivity index (χ3n) is 1.94. The number of thiazole rings is 1. The lowest BCUT2D eigenvalue weighted by Crippen LogP contribution is -1.84. The van der Waals surface area contributed by atoms with Crippen LogP contribution in [-0.4, -0.2) is 9.97 Å². The van der Waals surface area contributed by atoms with Crippen LogP contribution >= 0.6 is 11.3 Å². The summed E-state index contributed by atoms with van der Waals surface area (Å²) in [5.41, 5.74) is 2.15. The van der Waals surface area contributed by atoms with Crippen LogP contribution in [0.25, 0.3) is 10.7 Å². The third-order valence-corrected chi connectivity index (χ3v) is 2.86. The first-order valence-electron chi connectivity index (χ1n) is 4.76. The zero-order chi connectivity index (χ0) is 9.80. The number of rotatable bonds is 3. The van der Waals surface area contributed by atoms with Crippen LogP contribution in [-0.2, 0) is 6.42 Å². The van der Waals surface area contributed by atoms with Gasteiger partial charge >= 0.3 is 0 Å². The Morgan fingerprint density at radius 2 is 2.29 bits per heavy atom. The number of hydrogen-bond acceptors (Lipinski definition) is 3. The molecule has 0 saturated heterocycles. The minimum absolute atomic E-state index is 0.972. The first-order chi connectivity index (χ1) is 6.90. The molecule has 0 fully saturated rings. The van der Waals surface area contributed by atoms with Gasteiger partial charge in [0, 0.05) is 11.6 Å². The quantitative estimate of drug-likeness (QED) is 0.767. The van der Waals surface area contributed by atoms with E-state index in [9.17, 15) is 0 Å². The molecule has 0 N–H and O–H groups in total. The second-order valence-corrected chi connectivity index (χ2v) is 3.97. The van der Waals surface area contributed by atoms with Gasteiger partial charge in [0.05, 0.1) is 11.4 Å². The maximum Gasteiger partial charge on any atom is 0.142 e. The summed E-state index contributed by atoms with van der Waals surface area (Å²) >= 11 is 1.67. The molecule has 0 aliphatic heterocycles. The standard InChI is InChI=1S/C11H12N2S/c1-2-5-9-8-14-11(13-9)10-6-3-4-7-12-10/h3-4,6-8H,2,5H2,1H3. The average molecular weight is 204 g/mol. The Balaban J connectivity index is 2.25. The summed E-state index contributed by atoms with van der Waals surface area (Å²) in [4.78, 5) is 8.80. The van der Waals surface area contributed by atoms with E-state index < -0.39 is 0 Å². The number of pyridine rings is 1. The van der Waals surface area contributed by atoms with Crippen molar-refractivity contribution >= 4 is 11.3 Å². The highest BCUT2D eigenvalue weighted by molar-refractivity contribution is 7.13. The van der Waals surface area contributed by atoms with Crippen LogP contribution in [0.1, 0.15) is 19.0 Å². The van der Waals surface area contributed by atoms with Gasteiger partial charge in [-0.15, -0.1) is 11.3 Å². The number of aryl methyl sites for hydroxylation is 1. The topological polar surface area (TPSA) is 25.8 Å². The van der Waals surface area contributed by atoms with Crippen molar-refractivity contribution in [2.75, 3.05) is 0 Å². The largest absolute Gasteiger partial charge is 0.254 e. The lowest BCUT2D eigenvalue weighted by Gasteiger charge is -1.92. The van der Waals surface area contributed by atoms with Crippen LogP contribution < -0.4 is 0 Å². The molecule has 0 aliphatic carbocycles. The van der Waals surface area contributed by atoms with Gasteiger partial charge in [0.2, 0.25) is 0 Å². The molecule has 2 heterocycles. The van der Waals surface area contributed by atoms with Crippen molar-refractivity contribution in [1.29, 1.82) is 0 Å². The molecular weight excluding hydrogens is 192 g/mol. The molecule has 3 heteroatoms. The van der Waals surface area contributed by atoms with Crippen molar-refractivity contribution in [3.8, 4) is 10.7 Å². The zero-order valence-electron chi connectivity index (χ0n) is 8.10. The van der Waals surface area contributed by atoms with Crippen molar-refractivity contribution in [2.24, 2.45) is 0 Å². The molecule has 0 aromatic carbocycles. The maximum absolute atomic E-state index is 4.53. The number of nitrogens with zero attached hydrogens (tertiary/aromatic N) is 2. The first-order valence-corrected chi connectivity index (χ1v) is 5.64. The monoisotopic (exact) mass is 204 g/mol. The fourth-order valence-corrected chi connectivity index (χ4v) is 2.11. The van der Waals surface area contributed by atoms with Gasteiger partial charge in [0.25, 0.3) is 0 Å². The molecule has 0 aliphatic rings. The van der Waals surface area contributed by atoms with E-state index in [1.807, 2.05) is 18.2 Å². The van der Waals surface area contributed by atoms with Crippen LogP contribution in [0, 0.1) is 0 Å². The molecule has 0 radical (unpaired) electrons. The Kier molecular flexibility index (Phi) is 2.89. The number of aromatic nitrogens is 2.